The Morgan fingerprint density at radius 3 is 2.88 bits per heavy atom. The lowest BCUT2D eigenvalue weighted by Crippen LogP contribution is -2.24. The number of pyridine rings is 1. The number of rotatable bonds is 5. The maximum Gasteiger partial charge on any atom is 0.217 e. The number of aromatic nitrogens is 3. The fraction of sp³-hybridized carbons (Fsp3) is 0.444. The van der Waals surface area contributed by atoms with Crippen molar-refractivity contribution < 1.29 is 4.79 Å². The Bertz CT molecular complexity index is 701. The molecule has 1 N–H and O–H groups in total. The van der Waals surface area contributed by atoms with E-state index in [0.29, 0.717) is 12.6 Å². The van der Waals surface area contributed by atoms with Gasteiger partial charge in [0.1, 0.15) is 5.82 Å². The lowest BCUT2D eigenvalue weighted by molar-refractivity contribution is -0.119. The molecule has 1 aliphatic rings. The molecule has 0 radical (unpaired) electrons. The first-order valence-electron chi connectivity index (χ1n) is 8.33. The molecular weight excluding hydrogens is 302 g/mol. The van der Waals surface area contributed by atoms with E-state index in [0.717, 1.165) is 48.7 Å². The van der Waals surface area contributed by atoms with E-state index in [4.69, 9.17) is 4.98 Å². The van der Waals surface area contributed by atoms with Gasteiger partial charge >= 0.3 is 0 Å². The number of hydrogen-bond donors (Lipinski definition) is 1. The topological polar surface area (TPSA) is 71.0 Å². The molecule has 1 atom stereocenters. The van der Waals surface area contributed by atoms with E-state index in [2.05, 4.69) is 26.3 Å². The Labute approximate surface area is 142 Å². The summed E-state index contributed by atoms with van der Waals surface area (Å²) in [7, 11) is 0. The van der Waals surface area contributed by atoms with E-state index >= 15 is 0 Å². The van der Waals surface area contributed by atoms with Crippen molar-refractivity contribution in [3.8, 4) is 0 Å². The molecule has 0 saturated carbocycles. The van der Waals surface area contributed by atoms with Gasteiger partial charge in [-0.3, -0.25) is 14.7 Å². The summed E-state index contributed by atoms with van der Waals surface area (Å²) in [6.45, 7) is 5.78. The minimum absolute atomic E-state index is 0.0379. The van der Waals surface area contributed by atoms with Gasteiger partial charge in [0.2, 0.25) is 5.91 Å². The Morgan fingerprint density at radius 2 is 2.12 bits per heavy atom. The van der Waals surface area contributed by atoms with Crippen molar-refractivity contribution in [3.05, 3.63) is 53.4 Å². The number of likely N-dealkylation sites (tertiary alicyclic amines) is 1. The lowest BCUT2D eigenvalue weighted by atomic mass is 10.1. The van der Waals surface area contributed by atoms with Crippen molar-refractivity contribution >= 4 is 5.91 Å². The van der Waals surface area contributed by atoms with Crippen LogP contribution in [-0.2, 0) is 17.9 Å². The van der Waals surface area contributed by atoms with E-state index in [9.17, 15) is 4.79 Å². The Hall–Kier alpha value is -2.34. The number of carbonyl (C=O) groups excluding carboxylic acids is 1. The molecule has 0 bridgehead atoms. The van der Waals surface area contributed by atoms with Crippen LogP contribution in [0.15, 0.2) is 30.6 Å². The number of amides is 1. The van der Waals surface area contributed by atoms with Crippen LogP contribution in [0, 0.1) is 6.92 Å². The smallest absolute Gasteiger partial charge is 0.217 e. The van der Waals surface area contributed by atoms with Crippen LogP contribution in [0.1, 0.15) is 48.6 Å². The van der Waals surface area contributed by atoms with Crippen LogP contribution < -0.4 is 5.32 Å². The summed E-state index contributed by atoms with van der Waals surface area (Å²) in [5.41, 5.74) is 3.10. The molecular formula is C18H23N5O. The third-order valence-corrected chi connectivity index (χ3v) is 4.27. The molecule has 1 amide bonds. The first-order chi connectivity index (χ1) is 11.6. The fourth-order valence-electron chi connectivity index (χ4n) is 3.08. The van der Waals surface area contributed by atoms with E-state index in [-0.39, 0.29) is 5.91 Å². The second kappa shape index (κ2) is 7.49. The third kappa shape index (κ3) is 4.14. The molecule has 3 heterocycles. The van der Waals surface area contributed by atoms with E-state index in [1.807, 2.05) is 31.5 Å². The SMILES string of the molecule is CC(=O)NCc1cccc([C@@H]2CCCN2Cc2cnc(C)nc2)n1. The monoisotopic (exact) mass is 325 g/mol. The van der Waals surface area contributed by atoms with Gasteiger partial charge in [0.25, 0.3) is 0 Å². The lowest BCUT2D eigenvalue weighted by Gasteiger charge is -2.24. The van der Waals surface area contributed by atoms with Gasteiger partial charge in [0, 0.05) is 31.4 Å². The zero-order valence-corrected chi connectivity index (χ0v) is 14.2. The second-order valence-electron chi connectivity index (χ2n) is 6.23. The van der Waals surface area contributed by atoms with Gasteiger partial charge in [-0.15, -0.1) is 0 Å². The predicted octanol–water partition coefficient (Wildman–Crippen LogP) is 2.15. The zero-order valence-electron chi connectivity index (χ0n) is 14.2. The second-order valence-corrected chi connectivity index (χ2v) is 6.23. The summed E-state index contributed by atoms with van der Waals surface area (Å²) in [5.74, 6) is 0.758. The van der Waals surface area contributed by atoms with Crippen molar-refractivity contribution in [2.75, 3.05) is 6.54 Å². The number of nitrogens with one attached hydrogen (secondary N) is 1. The molecule has 2 aromatic rings. The van der Waals surface area contributed by atoms with Crippen molar-refractivity contribution in [1.29, 1.82) is 0 Å². The summed E-state index contributed by atoms with van der Waals surface area (Å²) in [5, 5.41) is 2.80. The van der Waals surface area contributed by atoms with Gasteiger partial charge in [-0.25, -0.2) is 9.97 Å². The summed E-state index contributed by atoms with van der Waals surface area (Å²) < 4.78 is 0. The van der Waals surface area contributed by atoms with Crippen LogP contribution >= 0.6 is 0 Å². The first-order valence-corrected chi connectivity index (χ1v) is 8.33. The first kappa shape index (κ1) is 16.5. The highest BCUT2D eigenvalue weighted by molar-refractivity contribution is 5.72. The quantitative estimate of drug-likeness (QED) is 0.912. The molecule has 126 valence electrons. The van der Waals surface area contributed by atoms with Gasteiger partial charge in [-0.1, -0.05) is 6.07 Å². The molecule has 6 nitrogen and oxygen atoms in total. The summed E-state index contributed by atoms with van der Waals surface area (Å²) in [6.07, 6.45) is 6.06. The maximum atomic E-state index is 11.1. The number of carbonyl (C=O) groups is 1. The molecule has 1 saturated heterocycles. The molecule has 6 heteroatoms. The minimum Gasteiger partial charge on any atom is -0.351 e. The largest absolute Gasteiger partial charge is 0.351 e. The predicted molar refractivity (Wildman–Crippen MR) is 90.9 cm³/mol. The molecule has 24 heavy (non-hydrogen) atoms. The summed E-state index contributed by atoms with van der Waals surface area (Å²) in [6, 6.07) is 6.35. The average molecular weight is 325 g/mol. The Kier molecular flexibility index (Phi) is 5.15. The van der Waals surface area contributed by atoms with Gasteiger partial charge in [-0.05, 0) is 38.4 Å². The fourth-order valence-corrected chi connectivity index (χ4v) is 3.08. The van der Waals surface area contributed by atoms with E-state index in [1.165, 1.54) is 6.92 Å². The normalized spacial score (nSPS) is 17.8. The average Bonchev–Trinajstić information content (AvgIpc) is 3.03. The molecule has 3 rings (SSSR count). The number of nitrogens with zero attached hydrogens (tertiary/aromatic N) is 4. The van der Waals surface area contributed by atoms with Crippen LogP contribution in [0.3, 0.4) is 0 Å². The van der Waals surface area contributed by atoms with Gasteiger partial charge in [0.05, 0.1) is 24.0 Å². The van der Waals surface area contributed by atoms with Crippen molar-refractivity contribution in [2.24, 2.45) is 0 Å². The number of aryl methyl sites for hydroxylation is 1. The summed E-state index contributed by atoms with van der Waals surface area (Å²) in [4.78, 5) is 26.8. The van der Waals surface area contributed by atoms with Crippen LogP contribution in [0.4, 0.5) is 0 Å². The Balaban J connectivity index is 1.71. The van der Waals surface area contributed by atoms with Crippen LogP contribution in [0.2, 0.25) is 0 Å². The highest BCUT2D eigenvalue weighted by Gasteiger charge is 2.27. The third-order valence-electron chi connectivity index (χ3n) is 4.27. The molecule has 2 aromatic heterocycles. The van der Waals surface area contributed by atoms with Crippen LogP contribution in [0.25, 0.3) is 0 Å². The van der Waals surface area contributed by atoms with Gasteiger partial charge in [-0.2, -0.15) is 0 Å². The highest BCUT2D eigenvalue weighted by Crippen LogP contribution is 2.32. The molecule has 0 spiro atoms. The highest BCUT2D eigenvalue weighted by atomic mass is 16.1. The van der Waals surface area contributed by atoms with E-state index in [1.54, 1.807) is 0 Å². The molecule has 0 unspecified atom stereocenters. The van der Waals surface area contributed by atoms with Crippen molar-refractivity contribution in [2.45, 2.75) is 45.8 Å². The van der Waals surface area contributed by atoms with Gasteiger partial charge in [0.15, 0.2) is 0 Å². The Morgan fingerprint density at radius 1 is 1.33 bits per heavy atom. The standard InChI is InChI=1S/C18H23N5O/c1-13-19-9-15(10-20-13)12-23-8-4-7-18(23)17-6-3-5-16(22-17)11-21-14(2)24/h3,5-6,9-10,18H,4,7-8,11-12H2,1-2H3,(H,21,24)/t18-/m0/s1. The van der Waals surface area contributed by atoms with Crippen molar-refractivity contribution in [3.63, 3.8) is 0 Å². The maximum absolute atomic E-state index is 11.1. The zero-order chi connectivity index (χ0) is 16.9. The number of hydrogen-bond acceptors (Lipinski definition) is 5. The van der Waals surface area contributed by atoms with E-state index < -0.39 is 0 Å². The minimum atomic E-state index is -0.0379. The van der Waals surface area contributed by atoms with Crippen molar-refractivity contribution in [1.82, 2.24) is 25.2 Å². The molecule has 1 aliphatic heterocycles. The molecule has 1 fully saturated rings. The molecule has 0 aromatic carbocycles. The molecule has 0 aliphatic carbocycles. The summed E-state index contributed by atoms with van der Waals surface area (Å²) >= 11 is 0. The van der Waals surface area contributed by atoms with Gasteiger partial charge < -0.3 is 5.32 Å². The van der Waals surface area contributed by atoms with Crippen LogP contribution in [0.5, 0.6) is 0 Å². The van der Waals surface area contributed by atoms with Crippen LogP contribution in [-0.4, -0.2) is 32.3 Å².